The number of hydrogen-bond acceptors (Lipinski definition) is 2. The second-order valence-electron chi connectivity index (χ2n) is 5.09. The van der Waals surface area contributed by atoms with Gasteiger partial charge in [0, 0.05) is 24.2 Å². The van der Waals surface area contributed by atoms with Gasteiger partial charge in [0.15, 0.2) is 5.78 Å². The van der Waals surface area contributed by atoms with Crippen molar-refractivity contribution in [2.75, 3.05) is 13.1 Å². The maximum absolute atomic E-state index is 12.6. The molecule has 0 saturated carbocycles. The largest absolute Gasteiger partial charge is 0.308 e. The Kier molecular flexibility index (Phi) is 4.08. The van der Waals surface area contributed by atoms with Crippen molar-refractivity contribution < 1.29 is 4.79 Å². The third-order valence-electron chi connectivity index (χ3n) is 3.50. The van der Waals surface area contributed by atoms with Gasteiger partial charge in [0.05, 0.1) is 0 Å². The molecular weight excluding hydrogens is 258 g/mol. The van der Waals surface area contributed by atoms with E-state index in [0.717, 1.165) is 22.3 Å². The summed E-state index contributed by atoms with van der Waals surface area (Å²) in [7, 11) is 0. The fourth-order valence-electron chi connectivity index (χ4n) is 2.43. The molecule has 2 aromatic rings. The fraction of sp³-hybridized carbons (Fsp3) is 0.105. The van der Waals surface area contributed by atoms with Gasteiger partial charge in [0.2, 0.25) is 0 Å². The molecular formula is C19H17NO. The Bertz CT molecular complexity index is 625. The van der Waals surface area contributed by atoms with E-state index in [4.69, 9.17) is 0 Å². The normalized spacial score (nSPS) is 19.1. The number of carbonyl (C=O) groups excluding carboxylic acids is 1. The zero-order valence-electron chi connectivity index (χ0n) is 11.8. The summed E-state index contributed by atoms with van der Waals surface area (Å²) in [6.45, 7) is 1.25. The number of ketones is 1. The van der Waals surface area contributed by atoms with E-state index < -0.39 is 0 Å². The summed E-state index contributed by atoms with van der Waals surface area (Å²) in [6.07, 6.45) is 3.93. The van der Waals surface area contributed by atoms with E-state index in [2.05, 4.69) is 5.32 Å². The number of carbonyl (C=O) groups is 1. The van der Waals surface area contributed by atoms with Crippen molar-refractivity contribution in [3.05, 3.63) is 82.9 Å². The van der Waals surface area contributed by atoms with Gasteiger partial charge in [-0.05, 0) is 23.3 Å². The Balaban J connectivity index is 1.88. The molecule has 0 bridgehead atoms. The van der Waals surface area contributed by atoms with Crippen LogP contribution in [-0.4, -0.2) is 18.9 Å². The fourth-order valence-corrected chi connectivity index (χ4v) is 2.43. The van der Waals surface area contributed by atoms with Crippen molar-refractivity contribution in [3.8, 4) is 0 Å². The molecule has 1 N–H and O–H groups in total. The van der Waals surface area contributed by atoms with E-state index in [9.17, 15) is 4.79 Å². The third-order valence-corrected chi connectivity index (χ3v) is 3.50. The number of benzene rings is 2. The van der Waals surface area contributed by atoms with E-state index in [1.165, 1.54) is 0 Å². The lowest BCUT2D eigenvalue weighted by molar-refractivity contribution is -0.112. The van der Waals surface area contributed by atoms with Gasteiger partial charge in [-0.15, -0.1) is 0 Å². The number of Topliss-reactive ketones (excluding diaryl/α,β-unsaturated/α-hetero) is 1. The van der Waals surface area contributed by atoms with Gasteiger partial charge < -0.3 is 5.32 Å². The molecule has 1 saturated heterocycles. The zero-order valence-corrected chi connectivity index (χ0v) is 11.8. The number of piperidine rings is 1. The molecule has 2 nitrogen and oxygen atoms in total. The number of hydrogen-bond donors (Lipinski definition) is 1. The first-order valence-corrected chi connectivity index (χ1v) is 7.09. The van der Waals surface area contributed by atoms with Crippen molar-refractivity contribution in [1.82, 2.24) is 5.32 Å². The summed E-state index contributed by atoms with van der Waals surface area (Å²) in [5.74, 6) is 0.140. The second kappa shape index (κ2) is 6.33. The lowest BCUT2D eigenvalue weighted by Crippen LogP contribution is -2.32. The number of nitrogens with one attached hydrogen (secondary N) is 1. The molecule has 1 aliphatic heterocycles. The summed E-state index contributed by atoms with van der Waals surface area (Å²) in [6, 6.07) is 19.9. The molecule has 0 radical (unpaired) electrons. The van der Waals surface area contributed by atoms with Crippen molar-refractivity contribution in [2.45, 2.75) is 0 Å². The van der Waals surface area contributed by atoms with Crippen LogP contribution in [0.15, 0.2) is 71.8 Å². The summed E-state index contributed by atoms with van der Waals surface area (Å²) in [5, 5.41) is 3.30. The maximum Gasteiger partial charge on any atom is 0.187 e. The minimum absolute atomic E-state index is 0.140. The van der Waals surface area contributed by atoms with Crippen LogP contribution >= 0.6 is 0 Å². The zero-order chi connectivity index (χ0) is 14.5. The van der Waals surface area contributed by atoms with E-state index in [1.807, 2.05) is 72.8 Å². The summed E-state index contributed by atoms with van der Waals surface area (Å²) < 4.78 is 0. The Morgan fingerprint density at radius 2 is 1.14 bits per heavy atom. The van der Waals surface area contributed by atoms with Crippen LogP contribution in [0, 0.1) is 0 Å². The summed E-state index contributed by atoms with van der Waals surface area (Å²) >= 11 is 0. The summed E-state index contributed by atoms with van der Waals surface area (Å²) in [4.78, 5) is 12.6. The molecule has 0 atom stereocenters. The van der Waals surface area contributed by atoms with Crippen LogP contribution in [0.2, 0.25) is 0 Å². The predicted molar refractivity (Wildman–Crippen MR) is 86.7 cm³/mol. The van der Waals surface area contributed by atoms with Gasteiger partial charge >= 0.3 is 0 Å². The molecule has 104 valence electrons. The Labute approximate surface area is 124 Å². The van der Waals surface area contributed by atoms with E-state index in [1.54, 1.807) is 0 Å². The molecule has 1 aliphatic rings. The first kappa shape index (κ1) is 13.5. The highest BCUT2D eigenvalue weighted by Gasteiger charge is 2.19. The van der Waals surface area contributed by atoms with Gasteiger partial charge in [-0.3, -0.25) is 4.79 Å². The highest BCUT2D eigenvalue weighted by molar-refractivity contribution is 6.14. The Morgan fingerprint density at radius 1 is 0.714 bits per heavy atom. The Hall–Kier alpha value is -2.45. The van der Waals surface area contributed by atoms with Crippen molar-refractivity contribution in [1.29, 1.82) is 0 Å². The standard InChI is InChI=1S/C19H17NO/c21-19-17(11-15-7-3-1-4-8-15)13-20-14-18(19)12-16-9-5-2-6-10-16/h1-12,20H,13-14H2/b17-11+,18-12+. The first-order valence-electron chi connectivity index (χ1n) is 7.09. The van der Waals surface area contributed by atoms with Crippen LogP contribution < -0.4 is 5.32 Å². The highest BCUT2D eigenvalue weighted by Crippen LogP contribution is 2.17. The van der Waals surface area contributed by atoms with E-state index in [-0.39, 0.29) is 5.78 Å². The van der Waals surface area contributed by atoms with Crippen molar-refractivity contribution >= 4 is 17.9 Å². The topological polar surface area (TPSA) is 29.1 Å². The van der Waals surface area contributed by atoms with E-state index >= 15 is 0 Å². The smallest absolute Gasteiger partial charge is 0.187 e. The molecule has 21 heavy (non-hydrogen) atoms. The van der Waals surface area contributed by atoms with Gasteiger partial charge in [-0.1, -0.05) is 60.7 Å². The molecule has 1 heterocycles. The third kappa shape index (κ3) is 3.36. The van der Waals surface area contributed by atoms with Crippen LogP contribution in [0.1, 0.15) is 11.1 Å². The van der Waals surface area contributed by atoms with Gasteiger partial charge in [0.1, 0.15) is 0 Å². The lowest BCUT2D eigenvalue weighted by atomic mass is 9.96. The Morgan fingerprint density at radius 3 is 1.57 bits per heavy atom. The monoisotopic (exact) mass is 275 g/mol. The number of rotatable bonds is 2. The second-order valence-corrected chi connectivity index (χ2v) is 5.09. The summed E-state index contributed by atoms with van der Waals surface area (Å²) in [5.41, 5.74) is 3.75. The molecule has 0 aromatic heterocycles. The first-order chi connectivity index (χ1) is 10.3. The minimum atomic E-state index is 0.140. The maximum atomic E-state index is 12.6. The molecule has 2 heteroatoms. The molecule has 0 amide bonds. The molecule has 1 fully saturated rings. The van der Waals surface area contributed by atoms with Crippen LogP contribution in [0.25, 0.3) is 12.2 Å². The molecule has 0 aliphatic carbocycles. The quantitative estimate of drug-likeness (QED) is 0.852. The molecule has 3 rings (SSSR count). The average molecular weight is 275 g/mol. The van der Waals surface area contributed by atoms with Crippen LogP contribution in [0.3, 0.4) is 0 Å². The van der Waals surface area contributed by atoms with Crippen molar-refractivity contribution in [2.24, 2.45) is 0 Å². The van der Waals surface area contributed by atoms with Gasteiger partial charge in [-0.25, -0.2) is 0 Å². The van der Waals surface area contributed by atoms with E-state index in [0.29, 0.717) is 13.1 Å². The molecule has 0 unspecified atom stereocenters. The SMILES string of the molecule is O=C1/C(=C/c2ccccc2)CNC/C1=C\c1ccccc1. The molecule has 0 spiro atoms. The van der Waals surface area contributed by atoms with Crippen LogP contribution in [-0.2, 0) is 4.79 Å². The average Bonchev–Trinajstić information content (AvgIpc) is 2.53. The van der Waals surface area contributed by atoms with Gasteiger partial charge in [0.25, 0.3) is 0 Å². The predicted octanol–water partition coefficient (Wildman–Crippen LogP) is 3.33. The highest BCUT2D eigenvalue weighted by atomic mass is 16.1. The lowest BCUT2D eigenvalue weighted by Gasteiger charge is -2.18. The molecule has 2 aromatic carbocycles. The van der Waals surface area contributed by atoms with Gasteiger partial charge in [-0.2, -0.15) is 0 Å². The van der Waals surface area contributed by atoms with Crippen LogP contribution in [0.5, 0.6) is 0 Å². The van der Waals surface area contributed by atoms with Crippen molar-refractivity contribution in [3.63, 3.8) is 0 Å². The minimum Gasteiger partial charge on any atom is -0.308 e. The van der Waals surface area contributed by atoms with Crippen LogP contribution in [0.4, 0.5) is 0 Å².